The predicted molar refractivity (Wildman–Crippen MR) is 83.8 cm³/mol. The minimum absolute atomic E-state index is 0.315. The molecule has 0 saturated heterocycles. The van der Waals surface area contributed by atoms with Crippen molar-refractivity contribution in [3.63, 3.8) is 0 Å². The van der Waals surface area contributed by atoms with Crippen molar-refractivity contribution in [1.82, 2.24) is 20.1 Å². The Morgan fingerprint density at radius 1 is 1.36 bits per heavy atom. The van der Waals surface area contributed by atoms with Gasteiger partial charge in [0.2, 0.25) is 0 Å². The first kappa shape index (κ1) is 14.7. The second-order valence-electron chi connectivity index (χ2n) is 5.51. The van der Waals surface area contributed by atoms with Gasteiger partial charge in [-0.25, -0.2) is 5.84 Å². The van der Waals surface area contributed by atoms with Crippen molar-refractivity contribution in [3.8, 4) is 0 Å². The zero-order chi connectivity index (χ0) is 15.5. The Bertz CT molecular complexity index is 665. The SMILES string of the molecule is CCn1nc(C(=O)NN)c2c1CCN(Cc1ccccc1)C2. The van der Waals surface area contributed by atoms with Crippen LogP contribution in [-0.4, -0.2) is 27.1 Å². The van der Waals surface area contributed by atoms with E-state index in [2.05, 4.69) is 27.6 Å². The summed E-state index contributed by atoms with van der Waals surface area (Å²) in [5.74, 6) is 4.97. The molecule has 3 N–H and O–H groups in total. The third kappa shape index (κ3) is 2.75. The number of nitrogen functional groups attached to an aromatic ring is 1. The van der Waals surface area contributed by atoms with E-state index in [-0.39, 0.29) is 5.91 Å². The molecule has 0 atom stereocenters. The van der Waals surface area contributed by atoms with Gasteiger partial charge in [0.05, 0.1) is 0 Å². The van der Waals surface area contributed by atoms with Crippen molar-refractivity contribution in [1.29, 1.82) is 0 Å². The Labute approximate surface area is 129 Å². The van der Waals surface area contributed by atoms with Crippen molar-refractivity contribution in [2.45, 2.75) is 33.0 Å². The number of aryl methyl sites for hydroxylation is 1. The Morgan fingerprint density at radius 2 is 2.14 bits per heavy atom. The minimum Gasteiger partial charge on any atom is -0.294 e. The number of fused-ring (bicyclic) bond motifs is 1. The number of rotatable bonds is 4. The van der Waals surface area contributed by atoms with E-state index in [1.54, 1.807) is 0 Å². The summed E-state index contributed by atoms with van der Waals surface area (Å²) >= 11 is 0. The first-order chi connectivity index (χ1) is 10.7. The smallest absolute Gasteiger partial charge is 0.286 e. The normalized spacial score (nSPS) is 14.6. The second-order valence-corrected chi connectivity index (χ2v) is 5.51. The molecule has 0 spiro atoms. The second kappa shape index (κ2) is 6.29. The maximum Gasteiger partial charge on any atom is 0.286 e. The highest BCUT2D eigenvalue weighted by atomic mass is 16.2. The quantitative estimate of drug-likeness (QED) is 0.503. The molecular weight excluding hydrogens is 278 g/mol. The molecular formula is C16H21N5O. The van der Waals surface area contributed by atoms with Gasteiger partial charge in [0, 0.05) is 43.9 Å². The van der Waals surface area contributed by atoms with Crippen LogP contribution in [0.2, 0.25) is 0 Å². The molecule has 0 unspecified atom stereocenters. The lowest BCUT2D eigenvalue weighted by atomic mass is 10.0. The summed E-state index contributed by atoms with van der Waals surface area (Å²) in [6, 6.07) is 10.4. The zero-order valence-electron chi connectivity index (χ0n) is 12.7. The van der Waals surface area contributed by atoms with E-state index in [0.29, 0.717) is 5.69 Å². The summed E-state index contributed by atoms with van der Waals surface area (Å²) < 4.78 is 1.92. The molecule has 22 heavy (non-hydrogen) atoms. The predicted octanol–water partition coefficient (Wildman–Crippen LogP) is 1.06. The monoisotopic (exact) mass is 299 g/mol. The van der Waals surface area contributed by atoms with Crippen molar-refractivity contribution < 1.29 is 4.79 Å². The highest BCUT2D eigenvalue weighted by Crippen LogP contribution is 2.24. The van der Waals surface area contributed by atoms with Gasteiger partial charge in [-0.1, -0.05) is 30.3 Å². The number of benzene rings is 1. The van der Waals surface area contributed by atoms with Crippen LogP contribution in [0.5, 0.6) is 0 Å². The fraction of sp³-hybridized carbons (Fsp3) is 0.375. The lowest BCUT2D eigenvalue weighted by Gasteiger charge is -2.27. The van der Waals surface area contributed by atoms with Crippen LogP contribution in [-0.2, 0) is 26.1 Å². The molecule has 2 aromatic rings. The standard InChI is InChI=1S/C16H21N5O/c1-2-21-14-8-9-20(10-12-6-4-3-5-7-12)11-13(14)15(19-21)16(22)18-17/h3-7H,2,8-11,17H2,1H3,(H,18,22). The molecule has 6 nitrogen and oxygen atoms in total. The average molecular weight is 299 g/mol. The van der Waals surface area contributed by atoms with Gasteiger partial charge in [-0.3, -0.25) is 19.8 Å². The molecule has 6 heteroatoms. The van der Waals surface area contributed by atoms with Gasteiger partial charge < -0.3 is 0 Å². The van der Waals surface area contributed by atoms with E-state index in [4.69, 9.17) is 5.84 Å². The van der Waals surface area contributed by atoms with Crippen LogP contribution in [0.1, 0.15) is 34.2 Å². The number of carbonyl (C=O) groups excluding carboxylic acids is 1. The van der Waals surface area contributed by atoms with Crippen LogP contribution < -0.4 is 11.3 Å². The van der Waals surface area contributed by atoms with E-state index < -0.39 is 0 Å². The average Bonchev–Trinajstić information content (AvgIpc) is 2.93. The van der Waals surface area contributed by atoms with Crippen LogP contribution in [0.25, 0.3) is 0 Å². The molecule has 0 fully saturated rings. The first-order valence-electron chi connectivity index (χ1n) is 7.58. The van der Waals surface area contributed by atoms with Crippen molar-refractivity contribution >= 4 is 5.91 Å². The lowest BCUT2D eigenvalue weighted by Crippen LogP contribution is -2.34. The third-order valence-electron chi connectivity index (χ3n) is 4.11. The molecule has 1 amide bonds. The number of hydrogen-bond donors (Lipinski definition) is 2. The Kier molecular flexibility index (Phi) is 4.22. The fourth-order valence-electron chi connectivity index (χ4n) is 3.04. The molecule has 1 aromatic carbocycles. The van der Waals surface area contributed by atoms with Gasteiger partial charge in [0.25, 0.3) is 5.91 Å². The molecule has 1 aliphatic heterocycles. The molecule has 1 aliphatic rings. The number of amides is 1. The number of nitrogens with zero attached hydrogens (tertiary/aromatic N) is 3. The number of aromatic nitrogens is 2. The van der Waals surface area contributed by atoms with Gasteiger partial charge >= 0.3 is 0 Å². The van der Waals surface area contributed by atoms with Crippen LogP contribution in [0, 0.1) is 0 Å². The van der Waals surface area contributed by atoms with E-state index in [1.807, 2.05) is 29.8 Å². The molecule has 0 saturated carbocycles. The summed E-state index contributed by atoms with van der Waals surface area (Å²) in [7, 11) is 0. The number of nitrogens with one attached hydrogen (secondary N) is 1. The van der Waals surface area contributed by atoms with Gasteiger partial charge in [0.15, 0.2) is 5.69 Å². The number of hydrazine groups is 1. The summed E-state index contributed by atoms with van der Waals surface area (Å²) in [6.07, 6.45) is 0.904. The minimum atomic E-state index is -0.315. The van der Waals surface area contributed by atoms with Gasteiger partial charge in [-0.05, 0) is 12.5 Å². The molecule has 1 aromatic heterocycles. The zero-order valence-corrected chi connectivity index (χ0v) is 12.7. The Morgan fingerprint density at radius 3 is 2.82 bits per heavy atom. The molecule has 3 rings (SSSR count). The summed E-state index contributed by atoms with van der Waals surface area (Å²) in [4.78, 5) is 14.3. The van der Waals surface area contributed by atoms with Gasteiger partial charge in [-0.2, -0.15) is 5.10 Å². The van der Waals surface area contributed by atoms with Crippen molar-refractivity contribution in [2.24, 2.45) is 5.84 Å². The molecule has 0 radical (unpaired) electrons. The van der Waals surface area contributed by atoms with Crippen molar-refractivity contribution in [2.75, 3.05) is 6.54 Å². The van der Waals surface area contributed by atoms with E-state index in [1.165, 1.54) is 5.56 Å². The van der Waals surface area contributed by atoms with Crippen LogP contribution in [0.4, 0.5) is 0 Å². The highest BCUT2D eigenvalue weighted by Gasteiger charge is 2.27. The molecule has 2 heterocycles. The maximum atomic E-state index is 11.9. The van der Waals surface area contributed by atoms with Crippen LogP contribution in [0.3, 0.4) is 0 Å². The number of hydrogen-bond acceptors (Lipinski definition) is 4. The molecule has 116 valence electrons. The Hall–Kier alpha value is -2.18. The van der Waals surface area contributed by atoms with E-state index in [0.717, 1.165) is 43.9 Å². The largest absolute Gasteiger partial charge is 0.294 e. The Balaban J connectivity index is 1.85. The highest BCUT2D eigenvalue weighted by molar-refractivity contribution is 5.93. The molecule has 0 aliphatic carbocycles. The number of carbonyl (C=O) groups is 1. The van der Waals surface area contributed by atoms with E-state index >= 15 is 0 Å². The lowest BCUT2D eigenvalue weighted by molar-refractivity contribution is 0.0945. The fourth-order valence-corrected chi connectivity index (χ4v) is 3.04. The van der Waals surface area contributed by atoms with Crippen molar-refractivity contribution in [3.05, 3.63) is 52.8 Å². The summed E-state index contributed by atoms with van der Waals surface area (Å²) in [6.45, 7) is 5.37. The van der Waals surface area contributed by atoms with Gasteiger partial charge in [-0.15, -0.1) is 0 Å². The first-order valence-corrected chi connectivity index (χ1v) is 7.58. The number of nitrogens with two attached hydrogens (primary N) is 1. The maximum absolute atomic E-state index is 11.9. The van der Waals surface area contributed by atoms with Gasteiger partial charge in [0.1, 0.15) is 0 Å². The summed E-state index contributed by atoms with van der Waals surface area (Å²) in [5, 5.41) is 4.42. The van der Waals surface area contributed by atoms with Crippen LogP contribution in [0.15, 0.2) is 30.3 Å². The topological polar surface area (TPSA) is 76.2 Å². The summed E-state index contributed by atoms with van der Waals surface area (Å²) in [5.41, 5.74) is 6.10. The van der Waals surface area contributed by atoms with E-state index in [9.17, 15) is 4.79 Å². The molecule has 0 bridgehead atoms. The van der Waals surface area contributed by atoms with Crippen LogP contribution >= 0.6 is 0 Å². The third-order valence-corrected chi connectivity index (χ3v) is 4.11.